The van der Waals surface area contributed by atoms with E-state index in [4.69, 9.17) is 11.6 Å². The molecule has 0 radical (unpaired) electrons. The topological polar surface area (TPSA) is 54.5 Å². The summed E-state index contributed by atoms with van der Waals surface area (Å²) in [5, 5.41) is 13.8. The van der Waals surface area contributed by atoms with E-state index in [9.17, 15) is 5.26 Å². The summed E-state index contributed by atoms with van der Waals surface area (Å²) in [6.45, 7) is 1.93. The summed E-state index contributed by atoms with van der Waals surface area (Å²) in [6, 6.07) is 7.52. The van der Waals surface area contributed by atoms with Gasteiger partial charge in [-0.15, -0.1) is 0 Å². The number of rotatable bonds is 2. The third-order valence-corrected chi connectivity index (χ3v) is 2.96. The van der Waals surface area contributed by atoms with Gasteiger partial charge in [-0.2, -0.15) is 10.4 Å². The summed E-state index contributed by atoms with van der Waals surface area (Å²) in [6.07, 6.45) is 1.70. The molecule has 0 aliphatic rings. The molecule has 0 aromatic carbocycles. The van der Waals surface area contributed by atoms with Crippen LogP contribution in [0, 0.1) is 18.3 Å². The van der Waals surface area contributed by atoms with E-state index in [2.05, 4.69) is 16.2 Å². The van der Waals surface area contributed by atoms with Crippen molar-refractivity contribution < 1.29 is 0 Å². The third-order valence-electron chi connectivity index (χ3n) is 2.75. The van der Waals surface area contributed by atoms with E-state index in [1.165, 1.54) is 0 Å². The number of nitrogens with zero attached hydrogens (tertiary/aromatic N) is 4. The van der Waals surface area contributed by atoms with Crippen LogP contribution in [-0.2, 0) is 7.05 Å². The van der Waals surface area contributed by atoms with Gasteiger partial charge < -0.3 is 0 Å². The molecule has 0 fully saturated rings. The minimum Gasteiger partial charge on any atom is -0.273 e. The molecule has 17 heavy (non-hydrogen) atoms. The van der Waals surface area contributed by atoms with Gasteiger partial charge in [0, 0.05) is 18.3 Å². The zero-order chi connectivity index (χ0) is 12.4. The molecule has 0 bridgehead atoms. The van der Waals surface area contributed by atoms with Crippen molar-refractivity contribution in [2.24, 2.45) is 7.05 Å². The molecule has 1 atom stereocenters. The summed E-state index contributed by atoms with van der Waals surface area (Å²) in [5.41, 5.74) is 2.47. The highest BCUT2D eigenvalue weighted by Gasteiger charge is 2.19. The van der Waals surface area contributed by atoms with E-state index in [-0.39, 0.29) is 0 Å². The van der Waals surface area contributed by atoms with Crippen molar-refractivity contribution in [2.45, 2.75) is 12.8 Å². The van der Waals surface area contributed by atoms with Crippen molar-refractivity contribution in [1.29, 1.82) is 5.26 Å². The van der Waals surface area contributed by atoms with Gasteiger partial charge in [-0.05, 0) is 19.1 Å². The highest BCUT2D eigenvalue weighted by Crippen LogP contribution is 2.25. The molecule has 4 nitrogen and oxygen atoms in total. The fraction of sp³-hybridized carbons (Fsp3) is 0.250. The second-order valence-corrected chi connectivity index (χ2v) is 4.14. The Labute approximate surface area is 104 Å². The van der Waals surface area contributed by atoms with E-state index < -0.39 is 5.92 Å². The van der Waals surface area contributed by atoms with Gasteiger partial charge in [0.15, 0.2) is 0 Å². The first-order valence-electron chi connectivity index (χ1n) is 5.14. The molecule has 0 aliphatic heterocycles. The molecule has 0 aliphatic carbocycles. The van der Waals surface area contributed by atoms with Gasteiger partial charge in [0.05, 0.1) is 18.0 Å². The average molecular weight is 247 g/mol. The van der Waals surface area contributed by atoms with Gasteiger partial charge in [-0.1, -0.05) is 17.7 Å². The van der Waals surface area contributed by atoms with Crippen molar-refractivity contribution in [3.63, 3.8) is 0 Å². The number of aromatic nitrogens is 3. The Balaban J connectivity index is 2.48. The fourth-order valence-corrected chi connectivity index (χ4v) is 1.85. The maximum atomic E-state index is 9.29. The van der Waals surface area contributed by atoms with Gasteiger partial charge in [0.1, 0.15) is 11.1 Å². The van der Waals surface area contributed by atoms with Crippen LogP contribution in [0.4, 0.5) is 0 Å². The molecular formula is C12H11ClN4. The lowest BCUT2D eigenvalue weighted by atomic mass is 9.97. The monoisotopic (exact) mass is 246 g/mol. The van der Waals surface area contributed by atoms with Crippen molar-refractivity contribution in [3.8, 4) is 6.07 Å². The number of hydrogen-bond acceptors (Lipinski definition) is 3. The first-order valence-corrected chi connectivity index (χ1v) is 5.52. The van der Waals surface area contributed by atoms with Crippen LogP contribution in [0.5, 0.6) is 0 Å². The van der Waals surface area contributed by atoms with E-state index in [0.29, 0.717) is 10.8 Å². The number of pyridine rings is 1. The standard InChI is InChI=1S/C12H11ClN4/c1-8-10(7-15-17(8)2)9(6-14)11-4-3-5-12(13)16-11/h3-5,7,9H,1-2H3. The second kappa shape index (κ2) is 4.56. The minimum atomic E-state index is -0.428. The lowest BCUT2D eigenvalue weighted by Gasteiger charge is -2.08. The van der Waals surface area contributed by atoms with Crippen molar-refractivity contribution in [3.05, 3.63) is 46.5 Å². The molecule has 0 N–H and O–H groups in total. The molecule has 0 amide bonds. The van der Waals surface area contributed by atoms with Crippen LogP contribution >= 0.6 is 11.6 Å². The maximum Gasteiger partial charge on any atom is 0.129 e. The molecule has 0 saturated carbocycles. The predicted molar refractivity (Wildman–Crippen MR) is 64.6 cm³/mol. The van der Waals surface area contributed by atoms with Gasteiger partial charge in [-0.25, -0.2) is 4.98 Å². The predicted octanol–water partition coefficient (Wildman–Crippen LogP) is 2.43. The van der Waals surface area contributed by atoms with E-state index >= 15 is 0 Å². The Kier molecular flexibility index (Phi) is 3.12. The molecule has 0 saturated heterocycles. The first kappa shape index (κ1) is 11.6. The average Bonchev–Trinajstić information content (AvgIpc) is 2.63. The molecule has 2 rings (SSSR count). The normalized spacial score (nSPS) is 12.1. The number of hydrogen-bond donors (Lipinski definition) is 0. The number of nitriles is 1. The Morgan fingerprint density at radius 2 is 2.24 bits per heavy atom. The highest BCUT2D eigenvalue weighted by atomic mass is 35.5. The van der Waals surface area contributed by atoms with Crippen LogP contribution in [0.3, 0.4) is 0 Å². The highest BCUT2D eigenvalue weighted by molar-refractivity contribution is 6.29. The van der Waals surface area contributed by atoms with Crippen LogP contribution in [-0.4, -0.2) is 14.8 Å². The Morgan fingerprint density at radius 3 is 2.76 bits per heavy atom. The van der Waals surface area contributed by atoms with Crippen LogP contribution < -0.4 is 0 Å². The lowest BCUT2D eigenvalue weighted by molar-refractivity contribution is 0.737. The van der Waals surface area contributed by atoms with E-state index in [1.807, 2.05) is 14.0 Å². The number of aryl methyl sites for hydroxylation is 1. The maximum absolute atomic E-state index is 9.29. The van der Waals surface area contributed by atoms with Gasteiger partial charge in [0.2, 0.25) is 0 Å². The summed E-state index contributed by atoms with van der Waals surface area (Å²) in [7, 11) is 1.85. The van der Waals surface area contributed by atoms with E-state index in [1.54, 1.807) is 29.1 Å². The van der Waals surface area contributed by atoms with E-state index in [0.717, 1.165) is 11.3 Å². The molecule has 86 valence electrons. The van der Waals surface area contributed by atoms with Crippen molar-refractivity contribution >= 4 is 11.6 Å². The summed E-state index contributed by atoms with van der Waals surface area (Å²) < 4.78 is 1.74. The quantitative estimate of drug-likeness (QED) is 0.765. The Morgan fingerprint density at radius 1 is 1.47 bits per heavy atom. The zero-order valence-corrected chi connectivity index (χ0v) is 10.3. The molecule has 2 aromatic rings. The van der Waals surface area contributed by atoms with Gasteiger partial charge in [-0.3, -0.25) is 4.68 Å². The zero-order valence-electron chi connectivity index (χ0n) is 9.55. The number of halogens is 1. The summed E-state index contributed by atoms with van der Waals surface area (Å²) in [4.78, 5) is 4.18. The first-order chi connectivity index (χ1) is 8.13. The smallest absolute Gasteiger partial charge is 0.129 e. The Bertz CT molecular complexity index is 582. The van der Waals surface area contributed by atoms with Crippen LogP contribution in [0.15, 0.2) is 24.4 Å². The Hall–Kier alpha value is -1.86. The van der Waals surface area contributed by atoms with Crippen molar-refractivity contribution in [1.82, 2.24) is 14.8 Å². The largest absolute Gasteiger partial charge is 0.273 e. The van der Waals surface area contributed by atoms with Crippen molar-refractivity contribution in [2.75, 3.05) is 0 Å². The minimum absolute atomic E-state index is 0.393. The molecule has 0 spiro atoms. The lowest BCUT2D eigenvalue weighted by Crippen LogP contribution is -2.03. The molecule has 2 aromatic heterocycles. The van der Waals surface area contributed by atoms with Gasteiger partial charge in [0.25, 0.3) is 0 Å². The molecule has 5 heteroatoms. The van der Waals surface area contributed by atoms with Crippen LogP contribution in [0.25, 0.3) is 0 Å². The second-order valence-electron chi connectivity index (χ2n) is 3.76. The third kappa shape index (κ3) is 2.15. The molecule has 1 unspecified atom stereocenters. The van der Waals surface area contributed by atoms with Crippen LogP contribution in [0.2, 0.25) is 5.15 Å². The van der Waals surface area contributed by atoms with Crippen LogP contribution in [0.1, 0.15) is 22.9 Å². The molecular weight excluding hydrogens is 236 g/mol. The SMILES string of the molecule is Cc1c(C(C#N)c2cccc(Cl)n2)cnn1C. The summed E-state index contributed by atoms with van der Waals surface area (Å²) >= 11 is 5.84. The fourth-order valence-electron chi connectivity index (χ4n) is 1.68. The van der Waals surface area contributed by atoms with Gasteiger partial charge >= 0.3 is 0 Å². The summed E-state index contributed by atoms with van der Waals surface area (Å²) in [5.74, 6) is -0.428. The molecule has 2 heterocycles.